The first-order chi connectivity index (χ1) is 9.75. The van der Waals surface area contributed by atoms with E-state index in [1.807, 2.05) is 19.1 Å². The Hall–Kier alpha value is -1.80. The maximum Gasteiger partial charge on any atom is 0.235 e. The lowest BCUT2D eigenvalue weighted by atomic mass is 9.85. The number of nitrogens with zero attached hydrogens (tertiary/aromatic N) is 1. The lowest BCUT2D eigenvalue weighted by Crippen LogP contribution is -2.20. The van der Waals surface area contributed by atoms with Crippen molar-refractivity contribution in [1.29, 1.82) is 0 Å². The van der Waals surface area contributed by atoms with Crippen LogP contribution >= 0.6 is 0 Å². The van der Waals surface area contributed by atoms with Gasteiger partial charge in [-0.25, -0.2) is 4.79 Å². The predicted octanol–water partition coefficient (Wildman–Crippen LogP) is 3.26. The number of aliphatic imine (C=N–C) groups is 1. The van der Waals surface area contributed by atoms with Gasteiger partial charge in [-0.2, -0.15) is 4.99 Å². The molecule has 1 fully saturated rings. The highest BCUT2D eigenvalue weighted by Crippen LogP contribution is 2.46. The molecule has 4 nitrogen and oxygen atoms in total. The van der Waals surface area contributed by atoms with Gasteiger partial charge >= 0.3 is 0 Å². The molecule has 1 aliphatic heterocycles. The molecule has 0 atom stereocenters. The van der Waals surface area contributed by atoms with Crippen LogP contribution in [0.2, 0.25) is 0 Å². The Kier molecular flexibility index (Phi) is 3.49. The second kappa shape index (κ2) is 5.29. The summed E-state index contributed by atoms with van der Waals surface area (Å²) < 4.78 is 11.5. The summed E-state index contributed by atoms with van der Waals surface area (Å²) in [7, 11) is 0. The standard InChI is InChI=1S/C16H19NO3/c1-12-9-14-15(20-8-4-7-19-14)10-13(12)16(17-11-18)5-2-3-6-16/h9-10H,2-8H2,1H3. The van der Waals surface area contributed by atoms with E-state index in [1.165, 1.54) is 0 Å². The highest BCUT2D eigenvalue weighted by Gasteiger charge is 2.37. The molecule has 0 spiro atoms. The van der Waals surface area contributed by atoms with E-state index < -0.39 is 5.54 Å². The molecule has 20 heavy (non-hydrogen) atoms. The van der Waals surface area contributed by atoms with Gasteiger partial charge in [-0.3, -0.25) is 0 Å². The van der Waals surface area contributed by atoms with Crippen LogP contribution in [-0.4, -0.2) is 19.3 Å². The van der Waals surface area contributed by atoms with Crippen LogP contribution in [0.5, 0.6) is 11.5 Å². The summed E-state index contributed by atoms with van der Waals surface area (Å²) in [6, 6.07) is 4.03. The van der Waals surface area contributed by atoms with Gasteiger partial charge in [0.05, 0.1) is 18.8 Å². The quantitative estimate of drug-likeness (QED) is 0.614. The van der Waals surface area contributed by atoms with Gasteiger partial charge in [0.15, 0.2) is 11.5 Å². The molecule has 1 aromatic carbocycles. The van der Waals surface area contributed by atoms with Crippen LogP contribution in [0.25, 0.3) is 0 Å². The normalized spacial score (nSPS) is 20.1. The molecule has 0 amide bonds. The van der Waals surface area contributed by atoms with Crippen molar-refractivity contribution in [2.45, 2.75) is 44.6 Å². The van der Waals surface area contributed by atoms with Crippen LogP contribution in [0.4, 0.5) is 0 Å². The fourth-order valence-electron chi connectivity index (χ4n) is 3.30. The lowest BCUT2D eigenvalue weighted by molar-refractivity contribution is 0.296. The molecule has 3 rings (SSSR count). The minimum absolute atomic E-state index is 0.406. The summed E-state index contributed by atoms with van der Waals surface area (Å²) in [5.74, 6) is 1.57. The Balaban J connectivity index is 2.09. The molecule has 4 heteroatoms. The fraction of sp³-hybridized carbons (Fsp3) is 0.562. The number of aryl methyl sites for hydroxylation is 1. The van der Waals surface area contributed by atoms with Gasteiger partial charge < -0.3 is 9.47 Å². The van der Waals surface area contributed by atoms with Crippen LogP contribution in [0.1, 0.15) is 43.2 Å². The van der Waals surface area contributed by atoms with Crippen LogP contribution < -0.4 is 9.47 Å². The molecule has 2 aliphatic rings. The van der Waals surface area contributed by atoms with Gasteiger partial charge in [0, 0.05) is 6.42 Å². The Bertz CT molecular complexity index is 555. The molecular weight excluding hydrogens is 254 g/mol. The number of isocyanates is 1. The summed E-state index contributed by atoms with van der Waals surface area (Å²) in [4.78, 5) is 15.0. The van der Waals surface area contributed by atoms with E-state index in [-0.39, 0.29) is 0 Å². The molecule has 0 bridgehead atoms. The highest BCUT2D eigenvalue weighted by molar-refractivity contribution is 5.51. The summed E-state index contributed by atoms with van der Waals surface area (Å²) >= 11 is 0. The molecule has 1 heterocycles. The first-order valence-electron chi connectivity index (χ1n) is 7.25. The Morgan fingerprint density at radius 2 is 1.75 bits per heavy atom. The fourth-order valence-corrected chi connectivity index (χ4v) is 3.30. The van der Waals surface area contributed by atoms with Gasteiger partial charge in [0.2, 0.25) is 6.08 Å². The summed E-state index contributed by atoms with van der Waals surface area (Å²) in [5, 5.41) is 0. The Morgan fingerprint density at radius 1 is 1.10 bits per heavy atom. The monoisotopic (exact) mass is 273 g/mol. The third kappa shape index (κ3) is 2.20. The average Bonchev–Trinajstić information content (AvgIpc) is 2.78. The number of hydrogen-bond donors (Lipinski definition) is 0. The summed E-state index contributed by atoms with van der Waals surface area (Å²) in [6.07, 6.45) is 6.66. The third-order valence-electron chi connectivity index (χ3n) is 4.29. The van der Waals surface area contributed by atoms with Gasteiger partial charge in [-0.15, -0.1) is 0 Å². The van der Waals surface area contributed by atoms with E-state index in [2.05, 4.69) is 4.99 Å². The zero-order valence-electron chi connectivity index (χ0n) is 11.8. The lowest BCUT2D eigenvalue weighted by Gasteiger charge is -2.26. The average molecular weight is 273 g/mol. The minimum atomic E-state index is -0.406. The minimum Gasteiger partial charge on any atom is -0.490 e. The predicted molar refractivity (Wildman–Crippen MR) is 75.1 cm³/mol. The topological polar surface area (TPSA) is 47.9 Å². The molecule has 0 aromatic heterocycles. The van der Waals surface area contributed by atoms with E-state index in [1.54, 1.807) is 6.08 Å². The molecule has 1 aliphatic carbocycles. The van der Waals surface area contributed by atoms with Gasteiger partial charge in [-0.05, 0) is 43.0 Å². The van der Waals surface area contributed by atoms with Crippen molar-refractivity contribution in [3.05, 3.63) is 23.3 Å². The van der Waals surface area contributed by atoms with E-state index >= 15 is 0 Å². The molecular formula is C16H19NO3. The Labute approximate surface area is 118 Å². The number of benzene rings is 1. The molecule has 0 N–H and O–H groups in total. The summed E-state index contributed by atoms with van der Waals surface area (Å²) in [5.41, 5.74) is 1.79. The number of ether oxygens (including phenoxy) is 2. The maximum absolute atomic E-state index is 10.8. The second-order valence-corrected chi connectivity index (χ2v) is 5.61. The zero-order valence-corrected chi connectivity index (χ0v) is 11.8. The molecule has 106 valence electrons. The number of fused-ring (bicyclic) bond motifs is 1. The van der Waals surface area contributed by atoms with Crippen LogP contribution in [0.3, 0.4) is 0 Å². The van der Waals surface area contributed by atoms with Crippen molar-refractivity contribution in [2.75, 3.05) is 13.2 Å². The first-order valence-corrected chi connectivity index (χ1v) is 7.25. The van der Waals surface area contributed by atoms with Crippen molar-refractivity contribution in [3.63, 3.8) is 0 Å². The van der Waals surface area contributed by atoms with E-state index in [0.29, 0.717) is 13.2 Å². The smallest absolute Gasteiger partial charge is 0.235 e. The molecule has 1 saturated carbocycles. The van der Waals surface area contributed by atoms with E-state index in [0.717, 1.165) is 54.7 Å². The Morgan fingerprint density at radius 3 is 2.40 bits per heavy atom. The summed E-state index contributed by atoms with van der Waals surface area (Å²) in [6.45, 7) is 3.40. The second-order valence-electron chi connectivity index (χ2n) is 5.61. The molecule has 0 unspecified atom stereocenters. The number of hydrogen-bond acceptors (Lipinski definition) is 4. The van der Waals surface area contributed by atoms with Crippen molar-refractivity contribution in [2.24, 2.45) is 4.99 Å². The van der Waals surface area contributed by atoms with Gasteiger partial charge in [-0.1, -0.05) is 12.8 Å². The largest absolute Gasteiger partial charge is 0.490 e. The SMILES string of the molecule is Cc1cc2c(cc1C1(N=C=O)CCCC1)OCCCO2. The van der Waals surface area contributed by atoms with Crippen LogP contribution in [0.15, 0.2) is 17.1 Å². The third-order valence-corrected chi connectivity index (χ3v) is 4.29. The van der Waals surface area contributed by atoms with Crippen molar-refractivity contribution >= 4 is 6.08 Å². The molecule has 0 radical (unpaired) electrons. The molecule has 1 aromatic rings. The van der Waals surface area contributed by atoms with E-state index in [4.69, 9.17) is 9.47 Å². The number of rotatable bonds is 2. The molecule has 0 saturated heterocycles. The maximum atomic E-state index is 10.8. The van der Waals surface area contributed by atoms with Crippen LogP contribution in [-0.2, 0) is 10.3 Å². The first kappa shape index (κ1) is 13.2. The number of carbonyl (C=O) groups excluding carboxylic acids is 1. The highest BCUT2D eigenvalue weighted by atomic mass is 16.5. The zero-order chi connectivity index (χ0) is 14.0. The van der Waals surface area contributed by atoms with Crippen molar-refractivity contribution < 1.29 is 14.3 Å². The van der Waals surface area contributed by atoms with Crippen LogP contribution in [0, 0.1) is 6.92 Å². The van der Waals surface area contributed by atoms with E-state index in [9.17, 15) is 4.79 Å². The van der Waals surface area contributed by atoms with Gasteiger partial charge in [0.1, 0.15) is 0 Å². The van der Waals surface area contributed by atoms with Gasteiger partial charge in [0.25, 0.3) is 0 Å². The van der Waals surface area contributed by atoms with Crippen molar-refractivity contribution in [3.8, 4) is 11.5 Å². The van der Waals surface area contributed by atoms with Crippen molar-refractivity contribution in [1.82, 2.24) is 0 Å².